The lowest BCUT2D eigenvalue weighted by Gasteiger charge is -2.12. The van der Waals surface area contributed by atoms with E-state index in [1.807, 2.05) is 25.2 Å². The maximum absolute atomic E-state index is 12.9. The van der Waals surface area contributed by atoms with E-state index in [0.717, 1.165) is 52.8 Å². The third-order valence-electron chi connectivity index (χ3n) is 5.74. The molecule has 198 valence electrons. The Hall–Kier alpha value is -4.81. The van der Waals surface area contributed by atoms with Crippen LogP contribution in [0.25, 0.3) is 22.2 Å². The predicted molar refractivity (Wildman–Crippen MR) is 135 cm³/mol. The zero-order valence-corrected chi connectivity index (χ0v) is 20.0. The number of anilines is 3. The van der Waals surface area contributed by atoms with Gasteiger partial charge in [0.25, 0.3) is 0 Å². The van der Waals surface area contributed by atoms with Gasteiger partial charge in [-0.15, -0.1) is 0 Å². The van der Waals surface area contributed by atoms with Gasteiger partial charge < -0.3 is 26.6 Å². The van der Waals surface area contributed by atoms with Crippen molar-refractivity contribution in [3.63, 3.8) is 0 Å². The minimum atomic E-state index is -4.49. The van der Waals surface area contributed by atoms with Crippen molar-refractivity contribution in [2.75, 3.05) is 16.4 Å². The Labute approximate surface area is 213 Å². The topological polar surface area (TPSA) is 155 Å². The Morgan fingerprint density at radius 3 is 2.26 bits per heavy atom. The molecule has 1 fully saturated rings. The molecule has 0 spiro atoms. The van der Waals surface area contributed by atoms with Gasteiger partial charge in [-0.25, -0.2) is 19.3 Å². The summed E-state index contributed by atoms with van der Waals surface area (Å²) >= 11 is 0. The molecule has 2 aromatic carbocycles. The fraction of sp³-hybridized carbons (Fsp3) is 0.200. The monoisotopic (exact) mass is 528 g/mol. The minimum Gasteiger partial charge on any atom is -0.450 e. The molecule has 2 aromatic heterocycles. The van der Waals surface area contributed by atoms with Crippen LogP contribution in [0.3, 0.4) is 0 Å². The van der Waals surface area contributed by atoms with E-state index < -0.39 is 23.9 Å². The molecule has 0 aliphatic heterocycles. The van der Waals surface area contributed by atoms with E-state index in [2.05, 4.69) is 15.7 Å². The quantitative estimate of drug-likeness (QED) is 0.218. The molecule has 38 heavy (non-hydrogen) atoms. The lowest BCUT2D eigenvalue weighted by Crippen LogP contribution is -2.19. The number of benzene rings is 2. The fourth-order valence-electron chi connectivity index (χ4n) is 3.91. The third-order valence-corrected chi connectivity index (χ3v) is 5.74. The van der Waals surface area contributed by atoms with Gasteiger partial charge >= 0.3 is 18.4 Å². The van der Waals surface area contributed by atoms with Gasteiger partial charge in [0.05, 0.1) is 10.9 Å². The Balaban J connectivity index is 0.000000786. The van der Waals surface area contributed by atoms with Gasteiger partial charge in [0.1, 0.15) is 0 Å². The van der Waals surface area contributed by atoms with Crippen molar-refractivity contribution in [2.45, 2.75) is 24.9 Å². The number of halogens is 3. The highest BCUT2D eigenvalue weighted by molar-refractivity contribution is 6.02. The number of alkyl halides is 3. The van der Waals surface area contributed by atoms with Gasteiger partial charge in [-0.2, -0.15) is 18.3 Å². The Kier molecular flexibility index (Phi) is 7.10. The summed E-state index contributed by atoms with van der Waals surface area (Å²) in [5.74, 6) is 0.838. The number of nitrogen functional groups attached to an aromatic ring is 1. The van der Waals surface area contributed by atoms with Crippen LogP contribution < -0.4 is 16.4 Å². The van der Waals surface area contributed by atoms with Crippen LogP contribution in [0.1, 0.15) is 30.0 Å². The van der Waals surface area contributed by atoms with Crippen molar-refractivity contribution in [1.29, 1.82) is 0 Å². The minimum absolute atomic E-state index is 0.0442. The van der Waals surface area contributed by atoms with Crippen molar-refractivity contribution < 1.29 is 33.0 Å². The smallest absolute Gasteiger partial charge is 0.450 e. The van der Waals surface area contributed by atoms with Crippen LogP contribution in [0.15, 0.2) is 54.6 Å². The largest absolute Gasteiger partial charge is 0.503 e. The van der Waals surface area contributed by atoms with Crippen molar-refractivity contribution in [3.05, 3.63) is 65.9 Å². The van der Waals surface area contributed by atoms with Gasteiger partial charge in [-0.1, -0.05) is 18.2 Å². The number of carbonyl (C=O) groups excluding carboxylic acids is 1. The van der Waals surface area contributed by atoms with Gasteiger partial charge in [-0.05, 0) is 60.4 Å². The van der Waals surface area contributed by atoms with E-state index in [1.54, 1.807) is 16.8 Å². The van der Waals surface area contributed by atoms with Crippen LogP contribution >= 0.6 is 0 Å². The van der Waals surface area contributed by atoms with Gasteiger partial charge in [0.2, 0.25) is 0 Å². The molecule has 0 radical (unpaired) electrons. The number of hydrogen-bond acceptors (Lipinski definition) is 5. The molecule has 6 N–H and O–H groups in total. The maximum Gasteiger partial charge on any atom is 0.503 e. The van der Waals surface area contributed by atoms with E-state index in [0.29, 0.717) is 17.4 Å². The lowest BCUT2D eigenvalue weighted by atomic mass is 10.0. The average molecular weight is 528 g/mol. The molecular weight excluding hydrogens is 505 g/mol. The summed E-state index contributed by atoms with van der Waals surface area (Å²) in [5, 5.41) is 24.1. The van der Waals surface area contributed by atoms with Crippen LogP contribution in [-0.4, -0.2) is 37.2 Å². The molecule has 10 nitrogen and oxygen atoms in total. The molecule has 4 aromatic rings. The van der Waals surface area contributed by atoms with Crippen LogP contribution in [-0.2, 0) is 13.2 Å². The number of nitrogens with zero attached hydrogens (tertiary/aromatic N) is 3. The second-order valence-electron chi connectivity index (χ2n) is 8.59. The number of pyridine rings is 1. The zero-order chi connectivity index (χ0) is 27.6. The molecular formula is C25H23F3N6O4. The highest BCUT2D eigenvalue weighted by atomic mass is 19.4. The second-order valence-corrected chi connectivity index (χ2v) is 8.59. The first-order valence-corrected chi connectivity index (χ1v) is 11.3. The summed E-state index contributed by atoms with van der Waals surface area (Å²) in [5.41, 5.74) is 9.38. The van der Waals surface area contributed by atoms with Crippen molar-refractivity contribution in [1.82, 2.24) is 14.8 Å². The second kappa shape index (κ2) is 10.3. The number of urea groups is 1. The molecule has 5 rings (SSSR count). The molecule has 0 bridgehead atoms. The zero-order valence-electron chi connectivity index (χ0n) is 20.0. The van der Waals surface area contributed by atoms with Gasteiger partial charge in [0.15, 0.2) is 11.5 Å². The van der Waals surface area contributed by atoms with E-state index in [1.165, 1.54) is 12.1 Å². The number of hydrogen-bond donors (Lipinski definition) is 5. The molecule has 0 saturated heterocycles. The van der Waals surface area contributed by atoms with E-state index in [-0.39, 0.29) is 5.69 Å². The molecule has 13 heteroatoms. The van der Waals surface area contributed by atoms with Crippen molar-refractivity contribution in [3.8, 4) is 11.1 Å². The number of rotatable bonds is 4. The maximum atomic E-state index is 12.9. The van der Waals surface area contributed by atoms with Gasteiger partial charge in [0, 0.05) is 30.0 Å². The molecule has 1 saturated carbocycles. The summed E-state index contributed by atoms with van der Waals surface area (Å²) in [7, 11) is 1.81. The third kappa shape index (κ3) is 6.11. The summed E-state index contributed by atoms with van der Waals surface area (Å²) in [4.78, 5) is 25.6. The number of nitrogens with one attached hydrogen (secondary N) is 2. The standard InChI is InChI=1S/C24H21F3N6O.CH2O3/c1-33-22-20(21(28)32-33)18(12-19(31-22)14-5-6-14)13-7-9-16(10-8-13)29-23(34)30-17-4-2-3-15(11-17)24(25,26)27;2-1(3)4/h2-4,7-12,14H,5-6H2,1H3,(H2,28,32)(H2,29,30,34);(H2,2,3,4). The highest BCUT2D eigenvalue weighted by Gasteiger charge is 2.30. The molecule has 2 heterocycles. The van der Waals surface area contributed by atoms with Crippen LogP contribution in [0.2, 0.25) is 0 Å². The fourth-order valence-corrected chi connectivity index (χ4v) is 3.91. The lowest BCUT2D eigenvalue weighted by molar-refractivity contribution is -0.137. The summed E-state index contributed by atoms with van der Waals surface area (Å²) in [6, 6.07) is 13.0. The van der Waals surface area contributed by atoms with E-state index in [9.17, 15) is 18.0 Å². The van der Waals surface area contributed by atoms with E-state index in [4.69, 9.17) is 25.7 Å². The first-order valence-electron chi connectivity index (χ1n) is 11.3. The Morgan fingerprint density at radius 2 is 1.66 bits per heavy atom. The molecule has 2 amide bonds. The molecule has 1 aliphatic carbocycles. The SMILES string of the molecule is Cn1nc(N)c2c(-c3ccc(NC(=O)Nc4cccc(C(F)(F)F)c4)cc3)cc(C3CC3)nc21.O=C(O)O. The average Bonchev–Trinajstić information content (AvgIpc) is 3.64. The molecule has 0 atom stereocenters. The van der Waals surface area contributed by atoms with Gasteiger partial charge in [-0.3, -0.25) is 0 Å². The predicted octanol–water partition coefficient (Wildman–Crippen LogP) is 5.98. The van der Waals surface area contributed by atoms with Crippen LogP contribution in [0.4, 0.5) is 40.0 Å². The number of carbonyl (C=O) groups is 2. The van der Waals surface area contributed by atoms with Crippen LogP contribution in [0.5, 0.6) is 0 Å². The number of carboxylic acid groups (broad SMARTS) is 2. The summed E-state index contributed by atoms with van der Waals surface area (Å²) in [6.45, 7) is 0. The Morgan fingerprint density at radius 1 is 1.03 bits per heavy atom. The number of aromatic nitrogens is 3. The molecule has 0 unspecified atom stereocenters. The highest BCUT2D eigenvalue weighted by Crippen LogP contribution is 2.42. The number of fused-ring (bicyclic) bond motifs is 1. The summed E-state index contributed by atoms with van der Waals surface area (Å²) in [6.07, 6.45) is -4.11. The van der Waals surface area contributed by atoms with E-state index >= 15 is 0 Å². The van der Waals surface area contributed by atoms with Crippen molar-refractivity contribution >= 4 is 40.4 Å². The first kappa shape index (κ1) is 26.3. The number of nitrogens with two attached hydrogens (primary N) is 1. The Bertz CT molecular complexity index is 1490. The van der Waals surface area contributed by atoms with Crippen molar-refractivity contribution in [2.24, 2.45) is 7.05 Å². The number of aryl methyl sites for hydroxylation is 1. The molecule has 1 aliphatic rings. The van der Waals surface area contributed by atoms with Crippen LogP contribution in [0, 0.1) is 0 Å². The normalized spacial score (nSPS) is 12.9. The summed E-state index contributed by atoms with van der Waals surface area (Å²) < 4.78 is 40.3. The first-order chi connectivity index (χ1) is 17.9. The number of amides is 2.